The highest BCUT2D eigenvalue weighted by molar-refractivity contribution is 7.93. The fraction of sp³-hybridized carbons (Fsp3) is 0.727. The molecule has 1 rings (SSSR count). The Hall–Kier alpha value is -0.880. The van der Waals surface area contributed by atoms with E-state index in [1.165, 1.54) is 6.08 Å². The first-order valence-electron chi connectivity index (χ1n) is 5.78. The van der Waals surface area contributed by atoms with Crippen molar-refractivity contribution < 1.29 is 13.2 Å². The fourth-order valence-electron chi connectivity index (χ4n) is 1.74. The molecule has 0 aromatic carbocycles. The van der Waals surface area contributed by atoms with E-state index in [-0.39, 0.29) is 17.9 Å². The van der Waals surface area contributed by atoms with Gasteiger partial charge < -0.3 is 10.6 Å². The molecule has 0 aliphatic carbocycles. The Kier molecular flexibility index (Phi) is 5.14. The molecule has 1 saturated heterocycles. The predicted molar refractivity (Wildman–Crippen MR) is 67.2 cm³/mol. The minimum absolute atomic E-state index is 0.0113. The van der Waals surface area contributed by atoms with Crippen LogP contribution in [-0.2, 0) is 14.6 Å². The van der Waals surface area contributed by atoms with Crippen LogP contribution in [0.2, 0.25) is 0 Å². The summed E-state index contributed by atoms with van der Waals surface area (Å²) in [6.07, 6.45) is 4.31. The molecule has 0 aromatic rings. The average Bonchev–Trinajstić information content (AvgIpc) is 2.27. The van der Waals surface area contributed by atoms with Gasteiger partial charge in [0, 0.05) is 23.6 Å². The van der Waals surface area contributed by atoms with Crippen LogP contribution >= 0.6 is 0 Å². The van der Waals surface area contributed by atoms with Crippen LogP contribution in [0.1, 0.15) is 19.8 Å². The molecular formula is C11H20N2O3S. The van der Waals surface area contributed by atoms with E-state index in [2.05, 4.69) is 10.6 Å². The van der Waals surface area contributed by atoms with Crippen LogP contribution in [0.15, 0.2) is 11.5 Å². The van der Waals surface area contributed by atoms with Gasteiger partial charge in [-0.3, -0.25) is 4.79 Å². The van der Waals surface area contributed by atoms with Crippen LogP contribution in [-0.4, -0.2) is 39.7 Å². The van der Waals surface area contributed by atoms with E-state index >= 15 is 0 Å². The molecule has 98 valence electrons. The van der Waals surface area contributed by atoms with Crippen molar-refractivity contribution >= 4 is 15.7 Å². The first-order valence-corrected chi connectivity index (χ1v) is 7.73. The van der Waals surface area contributed by atoms with E-state index in [0.29, 0.717) is 0 Å². The molecule has 0 aromatic heterocycles. The summed E-state index contributed by atoms with van der Waals surface area (Å²) in [4.78, 5) is 11.8. The monoisotopic (exact) mass is 260 g/mol. The minimum atomic E-state index is -3.12. The minimum Gasteiger partial charge on any atom is -0.350 e. The topological polar surface area (TPSA) is 75.3 Å². The van der Waals surface area contributed by atoms with Crippen molar-refractivity contribution in [1.29, 1.82) is 0 Å². The third-order valence-corrected chi connectivity index (χ3v) is 3.35. The van der Waals surface area contributed by atoms with Gasteiger partial charge in [-0.05, 0) is 32.9 Å². The quantitative estimate of drug-likeness (QED) is 0.749. The highest BCUT2D eigenvalue weighted by Crippen LogP contribution is 2.11. The van der Waals surface area contributed by atoms with Crippen molar-refractivity contribution in [1.82, 2.24) is 10.6 Å². The van der Waals surface area contributed by atoms with E-state index in [1.54, 1.807) is 6.92 Å². The molecule has 1 fully saturated rings. The molecule has 0 radical (unpaired) electrons. The Labute approximate surface area is 103 Å². The first-order chi connectivity index (χ1) is 7.88. The average molecular weight is 260 g/mol. The van der Waals surface area contributed by atoms with E-state index in [1.807, 2.05) is 0 Å². The lowest BCUT2D eigenvalue weighted by atomic mass is 9.97. The Balaban J connectivity index is 2.42. The fourth-order valence-corrected chi connectivity index (χ4v) is 2.26. The van der Waals surface area contributed by atoms with Crippen LogP contribution in [0.25, 0.3) is 0 Å². The number of amides is 1. The Morgan fingerprint density at radius 1 is 1.41 bits per heavy atom. The molecular weight excluding hydrogens is 240 g/mol. The van der Waals surface area contributed by atoms with Gasteiger partial charge in [-0.25, -0.2) is 8.42 Å². The van der Waals surface area contributed by atoms with Gasteiger partial charge in [-0.1, -0.05) is 6.08 Å². The van der Waals surface area contributed by atoms with Gasteiger partial charge in [0.05, 0.1) is 0 Å². The molecule has 17 heavy (non-hydrogen) atoms. The lowest BCUT2D eigenvalue weighted by Gasteiger charge is -2.23. The van der Waals surface area contributed by atoms with E-state index in [0.717, 1.165) is 37.6 Å². The smallest absolute Gasteiger partial charge is 0.223 e. The summed E-state index contributed by atoms with van der Waals surface area (Å²) >= 11 is 0. The van der Waals surface area contributed by atoms with Crippen LogP contribution in [0.3, 0.4) is 0 Å². The van der Waals surface area contributed by atoms with Gasteiger partial charge in [-0.15, -0.1) is 0 Å². The zero-order chi connectivity index (χ0) is 12.9. The molecule has 2 N–H and O–H groups in total. The van der Waals surface area contributed by atoms with Crippen molar-refractivity contribution in [3.05, 3.63) is 11.5 Å². The summed E-state index contributed by atoms with van der Waals surface area (Å²) in [5, 5.41) is 7.12. The maximum atomic E-state index is 11.8. The molecule has 1 aliphatic heterocycles. The highest BCUT2D eigenvalue weighted by atomic mass is 32.2. The van der Waals surface area contributed by atoms with Crippen LogP contribution < -0.4 is 10.6 Å². The number of hydrogen-bond donors (Lipinski definition) is 2. The SMILES string of the molecule is C[C@H](/C=C\S(C)(=O)=O)NC(=O)C1CCNCC1. The van der Waals surface area contributed by atoms with Crippen molar-refractivity contribution in [2.45, 2.75) is 25.8 Å². The summed E-state index contributed by atoms with van der Waals surface area (Å²) in [7, 11) is -3.12. The predicted octanol–water partition coefficient (Wildman–Crippen LogP) is 0.0490. The molecule has 0 unspecified atom stereocenters. The Morgan fingerprint density at radius 3 is 2.53 bits per heavy atom. The molecule has 0 bridgehead atoms. The van der Waals surface area contributed by atoms with Crippen LogP contribution in [0.4, 0.5) is 0 Å². The van der Waals surface area contributed by atoms with Crippen LogP contribution in [0, 0.1) is 5.92 Å². The summed E-state index contributed by atoms with van der Waals surface area (Å²) in [5.74, 6) is 0.0579. The molecule has 1 atom stereocenters. The number of nitrogens with one attached hydrogen (secondary N) is 2. The summed E-state index contributed by atoms with van der Waals surface area (Å²) in [6, 6.07) is -0.257. The normalized spacial score (nSPS) is 20.4. The zero-order valence-electron chi connectivity index (χ0n) is 10.3. The second-order valence-electron chi connectivity index (χ2n) is 4.48. The van der Waals surface area contributed by atoms with E-state index < -0.39 is 9.84 Å². The first kappa shape index (κ1) is 14.2. The number of carbonyl (C=O) groups is 1. The van der Waals surface area contributed by atoms with E-state index in [4.69, 9.17) is 0 Å². The molecule has 0 spiro atoms. The zero-order valence-corrected chi connectivity index (χ0v) is 11.1. The third-order valence-electron chi connectivity index (χ3n) is 2.69. The second kappa shape index (κ2) is 6.16. The molecule has 5 nitrogen and oxygen atoms in total. The van der Waals surface area contributed by atoms with Gasteiger partial charge in [0.2, 0.25) is 5.91 Å². The summed E-state index contributed by atoms with van der Waals surface area (Å²) < 4.78 is 21.8. The number of rotatable bonds is 4. The van der Waals surface area contributed by atoms with Gasteiger partial charge in [0.1, 0.15) is 0 Å². The lowest BCUT2D eigenvalue weighted by Crippen LogP contribution is -2.41. The second-order valence-corrected chi connectivity index (χ2v) is 6.41. The molecule has 1 amide bonds. The molecule has 1 heterocycles. The third kappa shape index (κ3) is 5.83. The Morgan fingerprint density at radius 2 is 2.00 bits per heavy atom. The number of piperidine rings is 1. The van der Waals surface area contributed by atoms with Crippen LogP contribution in [0.5, 0.6) is 0 Å². The van der Waals surface area contributed by atoms with Gasteiger partial charge in [0.15, 0.2) is 9.84 Å². The van der Waals surface area contributed by atoms with Crippen molar-refractivity contribution in [2.24, 2.45) is 5.92 Å². The van der Waals surface area contributed by atoms with E-state index in [9.17, 15) is 13.2 Å². The summed E-state index contributed by atoms with van der Waals surface area (Å²) in [5.41, 5.74) is 0. The maximum Gasteiger partial charge on any atom is 0.223 e. The van der Waals surface area contributed by atoms with Gasteiger partial charge in [-0.2, -0.15) is 0 Å². The number of sulfone groups is 1. The number of hydrogen-bond acceptors (Lipinski definition) is 4. The van der Waals surface area contributed by atoms with Crippen molar-refractivity contribution in [3.8, 4) is 0 Å². The van der Waals surface area contributed by atoms with Crippen molar-refractivity contribution in [3.63, 3.8) is 0 Å². The summed E-state index contributed by atoms with van der Waals surface area (Å²) in [6.45, 7) is 3.50. The maximum absolute atomic E-state index is 11.8. The largest absolute Gasteiger partial charge is 0.350 e. The Bertz CT molecular complexity index is 384. The van der Waals surface area contributed by atoms with Gasteiger partial charge >= 0.3 is 0 Å². The molecule has 1 aliphatic rings. The standard InChI is InChI=1S/C11H20N2O3S/c1-9(5-8-17(2,15)16)13-11(14)10-3-6-12-7-4-10/h5,8-10,12H,3-4,6-7H2,1-2H3,(H,13,14)/b8-5-/t9-/m1/s1. The highest BCUT2D eigenvalue weighted by Gasteiger charge is 2.21. The van der Waals surface area contributed by atoms with Crippen molar-refractivity contribution in [2.75, 3.05) is 19.3 Å². The lowest BCUT2D eigenvalue weighted by molar-refractivity contribution is -0.126. The molecule has 0 saturated carbocycles. The molecule has 6 heteroatoms. The number of carbonyl (C=O) groups excluding carboxylic acids is 1. The van der Waals surface area contributed by atoms with Gasteiger partial charge in [0.25, 0.3) is 0 Å².